The van der Waals surface area contributed by atoms with Gasteiger partial charge in [-0.25, -0.2) is 0 Å². The summed E-state index contributed by atoms with van der Waals surface area (Å²) in [5.41, 5.74) is 8.90. The maximum absolute atomic E-state index is 6.24. The van der Waals surface area contributed by atoms with E-state index in [0.717, 1.165) is 24.8 Å². The third-order valence-corrected chi connectivity index (χ3v) is 5.08. The summed E-state index contributed by atoms with van der Waals surface area (Å²) in [5.74, 6) is 1.23. The van der Waals surface area contributed by atoms with E-state index < -0.39 is 0 Å². The number of hydrogen-bond acceptors (Lipinski definition) is 3. The van der Waals surface area contributed by atoms with E-state index in [-0.39, 0.29) is 6.04 Å². The average molecular weight is 264 g/mol. The fraction of sp³-hybridized carbons (Fsp3) is 0.600. The number of anilines is 1. The fourth-order valence-corrected chi connectivity index (χ4v) is 3.67. The molecule has 1 aromatic carbocycles. The Hall–Kier alpha value is -0.670. The van der Waals surface area contributed by atoms with Gasteiger partial charge in [-0.1, -0.05) is 32.0 Å². The van der Waals surface area contributed by atoms with E-state index in [1.165, 1.54) is 23.4 Å². The first-order valence-corrected chi connectivity index (χ1v) is 8.02. The molecule has 0 spiro atoms. The maximum atomic E-state index is 6.24. The van der Waals surface area contributed by atoms with Gasteiger partial charge in [0, 0.05) is 35.8 Å². The molecule has 1 unspecified atom stereocenters. The minimum Gasteiger partial charge on any atom is -0.369 e. The van der Waals surface area contributed by atoms with E-state index in [1.807, 2.05) is 0 Å². The Morgan fingerprint density at radius 1 is 1.39 bits per heavy atom. The number of rotatable bonds is 4. The van der Waals surface area contributed by atoms with Gasteiger partial charge >= 0.3 is 0 Å². The molecule has 1 aliphatic heterocycles. The third kappa shape index (κ3) is 3.01. The first-order valence-electron chi connectivity index (χ1n) is 6.97. The van der Waals surface area contributed by atoms with Crippen LogP contribution in [0, 0.1) is 0 Å². The quantitative estimate of drug-likeness (QED) is 0.903. The highest BCUT2D eigenvalue weighted by molar-refractivity contribution is 8.00. The molecule has 2 nitrogen and oxygen atoms in total. The van der Waals surface area contributed by atoms with Gasteiger partial charge in [-0.2, -0.15) is 11.8 Å². The molecule has 0 aliphatic carbocycles. The molecule has 2 atom stereocenters. The van der Waals surface area contributed by atoms with Crippen LogP contribution in [0.5, 0.6) is 0 Å². The van der Waals surface area contributed by atoms with E-state index in [2.05, 4.69) is 54.8 Å². The number of nitrogens with zero attached hydrogens (tertiary/aromatic N) is 1. The van der Waals surface area contributed by atoms with Gasteiger partial charge in [-0.3, -0.25) is 0 Å². The summed E-state index contributed by atoms with van der Waals surface area (Å²) in [5, 5.41) is 0.768. The average Bonchev–Trinajstić information content (AvgIpc) is 2.46. The highest BCUT2D eigenvalue weighted by Gasteiger charge is 2.21. The van der Waals surface area contributed by atoms with E-state index >= 15 is 0 Å². The lowest BCUT2D eigenvalue weighted by atomic mass is 10.0. The summed E-state index contributed by atoms with van der Waals surface area (Å²) in [6.45, 7) is 6.75. The van der Waals surface area contributed by atoms with Crippen molar-refractivity contribution < 1.29 is 0 Å². The van der Waals surface area contributed by atoms with Gasteiger partial charge in [0.2, 0.25) is 0 Å². The van der Waals surface area contributed by atoms with E-state index in [0.29, 0.717) is 0 Å². The Kier molecular flexibility index (Phi) is 4.95. The van der Waals surface area contributed by atoms with Crippen LogP contribution < -0.4 is 10.6 Å². The van der Waals surface area contributed by atoms with Crippen molar-refractivity contribution in [3.63, 3.8) is 0 Å². The summed E-state index contributed by atoms with van der Waals surface area (Å²) in [7, 11) is 0. The molecular weight excluding hydrogens is 240 g/mol. The number of nitrogens with two attached hydrogens (primary N) is 1. The van der Waals surface area contributed by atoms with E-state index in [1.54, 1.807) is 0 Å². The third-order valence-electron chi connectivity index (χ3n) is 3.71. The minimum absolute atomic E-state index is 0.163. The Labute approximate surface area is 115 Å². The van der Waals surface area contributed by atoms with E-state index in [9.17, 15) is 0 Å². The maximum Gasteiger partial charge on any atom is 0.0415 e. The van der Waals surface area contributed by atoms with Gasteiger partial charge in [0.05, 0.1) is 0 Å². The first kappa shape index (κ1) is 13.8. The number of benzene rings is 1. The van der Waals surface area contributed by atoms with Crippen LogP contribution in [-0.2, 0) is 0 Å². The second-order valence-corrected chi connectivity index (χ2v) is 6.33. The largest absolute Gasteiger partial charge is 0.369 e. The topological polar surface area (TPSA) is 29.3 Å². The smallest absolute Gasteiger partial charge is 0.0415 e. The highest BCUT2D eigenvalue weighted by Crippen LogP contribution is 2.31. The zero-order valence-electron chi connectivity index (χ0n) is 11.4. The van der Waals surface area contributed by atoms with Crippen molar-refractivity contribution >= 4 is 17.4 Å². The monoisotopic (exact) mass is 264 g/mol. The molecule has 0 radical (unpaired) electrons. The zero-order valence-corrected chi connectivity index (χ0v) is 12.2. The van der Waals surface area contributed by atoms with Gasteiger partial charge in [-0.05, 0) is 24.5 Å². The van der Waals surface area contributed by atoms with Crippen LogP contribution in [0.25, 0.3) is 0 Å². The van der Waals surface area contributed by atoms with Crippen molar-refractivity contribution in [3.8, 4) is 0 Å². The van der Waals surface area contributed by atoms with Gasteiger partial charge < -0.3 is 10.6 Å². The molecule has 1 aromatic rings. The molecule has 100 valence electrons. The Balaban J connectivity index is 2.21. The molecule has 0 aromatic heterocycles. The van der Waals surface area contributed by atoms with Crippen LogP contribution in [0.4, 0.5) is 5.69 Å². The van der Waals surface area contributed by atoms with Crippen LogP contribution in [0.1, 0.15) is 38.3 Å². The molecule has 0 amide bonds. The molecule has 1 aliphatic rings. The van der Waals surface area contributed by atoms with Gasteiger partial charge in [0.1, 0.15) is 0 Å². The summed E-state index contributed by atoms with van der Waals surface area (Å²) < 4.78 is 0. The number of hydrogen-bond donors (Lipinski definition) is 1. The van der Waals surface area contributed by atoms with Gasteiger partial charge in [0.15, 0.2) is 0 Å². The lowest BCUT2D eigenvalue weighted by Gasteiger charge is -2.35. The Morgan fingerprint density at radius 2 is 2.17 bits per heavy atom. The molecule has 0 saturated carbocycles. The predicted octanol–water partition coefficient (Wildman–Crippen LogP) is 3.43. The Morgan fingerprint density at radius 3 is 2.89 bits per heavy atom. The van der Waals surface area contributed by atoms with Crippen LogP contribution in [0.2, 0.25) is 0 Å². The highest BCUT2D eigenvalue weighted by atomic mass is 32.2. The molecular formula is C15H24N2S. The number of thioether (sulfide) groups is 1. The summed E-state index contributed by atoms with van der Waals surface area (Å²) in [6.07, 6.45) is 2.25. The zero-order chi connectivity index (χ0) is 13.0. The molecule has 1 heterocycles. The van der Waals surface area contributed by atoms with Crippen LogP contribution in [0.15, 0.2) is 24.3 Å². The van der Waals surface area contributed by atoms with E-state index in [4.69, 9.17) is 5.73 Å². The summed E-state index contributed by atoms with van der Waals surface area (Å²) in [4.78, 5) is 2.52. The minimum atomic E-state index is 0.163. The van der Waals surface area contributed by atoms with Crippen molar-refractivity contribution in [1.82, 2.24) is 0 Å². The number of para-hydroxylation sites is 1. The second-order valence-electron chi connectivity index (χ2n) is 4.92. The molecule has 1 fully saturated rings. The normalized spacial score (nSPS) is 21.9. The van der Waals surface area contributed by atoms with Crippen LogP contribution in [-0.4, -0.2) is 24.1 Å². The molecule has 1 saturated heterocycles. The molecule has 0 bridgehead atoms. The second kappa shape index (κ2) is 6.48. The standard InChI is InChI=1S/C15H24N2S/c1-3-12-11-17(9-10-18-12)15-8-6-5-7-13(15)14(16)4-2/h5-8,12,14H,3-4,9-11,16H2,1-2H3/t12?,14-/m0/s1. The van der Waals surface area contributed by atoms with Crippen molar-refractivity contribution in [2.24, 2.45) is 5.73 Å². The Bertz CT molecular complexity index is 381. The van der Waals surface area contributed by atoms with Crippen molar-refractivity contribution in [1.29, 1.82) is 0 Å². The first-order chi connectivity index (χ1) is 8.76. The van der Waals surface area contributed by atoms with Gasteiger partial charge in [-0.15, -0.1) is 0 Å². The van der Waals surface area contributed by atoms with Crippen LogP contribution in [0.3, 0.4) is 0 Å². The lowest BCUT2D eigenvalue weighted by Crippen LogP contribution is -2.38. The van der Waals surface area contributed by atoms with Gasteiger partial charge in [0.25, 0.3) is 0 Å². The molecule has 2 rings (SSSR count). The van der Waals surface area contributed by atoms with Crippen molar-refractivity contribution in [3.05, 3.63) is 29.8 Å². The molecule has 3 heteroatoms. The summed E-state index contributed by atoms with van der Waals surface area (Å²) in [6, 6.07) is 8.81. The van der Waals surface area contributed by atoms with Crippen LogP contribution >= 0.6 is 11.8 Å². The van der Waals surface area contributed by atoms with Crippen molar-refractivity contribution in [2.45, 2.75) is 38.0 Å². The fourth-order valence-electron chi connectivity index (χ4n) is 2.49. The molecule has 18 heavy (non-hydrogen) atoms. The SMILES string of the molecule is CCC1CN(c2ccccc2[C@@H](N)CC)CCS1. The predicted molar refractivity (Wildman–Crippen MR) is 82.4 cm³/mol. The summed E-state index contributed by atoms with van der Waals surface area (Å²) >= 11 is 2.11. The lowest BCUT2D eigenvalue weighted by molar-refractivity contribution is 0.680. The van der Waals surface area contributed by atoms with Crippen molar-refractivity contribution in [2.75, 3.05) is 23.7 Å². The molecule has 2 N–H and O–H groups in total.